The predicted molar refractivity (Wildman–Crippen MR) is 67.8 cm³/mol. The van der Waals surface area contributed by atoms with Gasteiger partial charge in [-0.1, -0.05) is 0 Å². The lowest BCUT2D eigenvalue weighted by Gasteiger charge is -2.34. The first-order chi connectivity index (χ1) is 9.03. The fourth-order valence-electron chi connectivity index (χ4n) is 2.48. The highest BCUT2D eigenvalue weighted by atomic mass is 35.5. The third-order valence-corrected chi connectivity index (χ3v) is 3.72. The minimum Gasteiger partial charge on any atom is -0.452 e. The number of nitrogens with two attached hydrogens (primary N) is 1. The summed E-state index contributed by atoms with van der Waals surface area (Å²) in [6, 6.07) is 1.47. The lowest BCUT2D eigenvalue weighted by Crippen LogP contribution is -2.58. The Bertz CT molecular complexity index is 502. The third kappa shape index (κ3) is 2.21. The maximum atomic E-state index is 12.4. The molecule has 1 aliphatic rings. The van der Waals surface area contributed by atoms with Crippen molar-refractivity contribution in [2.75, 3.05) is 20.3 Å². The molecule has 0 radical (unpaired) electrons. The second kappa shape index (κ2) is 5.22. The van der Waals surface area contributed by atoms with E-state index in [-0.39, 0.29) is 23.3 Å². The highest BCUT2D eigenvalue weighted by Gasteiger charge is 2.49. The summed E-state index contributed by atoms with van der Waals surface area (Å²) < 4.78 is 9.97. The molecule has 1 aromatic rings. The molecule has 2 heterocycles. The monoisotopic (exact) mass is 286 g/mol. The van der Waals surface area contributed by atoms with Crippen molar-refractivity contribution in [2.45, 2.75) is 18.4 Å². The zero-order valence-electron chi connectivity index (χ0n) is 10.5. The largest absolute Gasteiger partial charge is 0.452 e. The number of hydrogen-bond donors (Lipinski definition) is 1. The van der Waals surface area contributed by atoms with Gasteiger partial charge in [-0.2, -0.15) is 0 Å². The van der Waals surface area contributed by atoms with E-state index in [0.717, 1.165) is 0 Å². The average Bonchev–Trinajstić information content (AvgIpc) is 2.96. The number of hydrogen-bond acceptors (Lipinski definition) is 4. The number of ether oxygens (including phenoxy) is 1. The molecular weight excluding hydrogens is 272 g/mol. The predicted octanol–water partition coefficient (Wildman–Crippen LogP) is 1.04. The van der Waals surface area contributed by atoms with Crippen LogP contribution >= 0.6 is 11.6 Å². The van der Waals surface area contributed by atoms with Crippen molar-refractivity contribution in [1.82, 2.24) is 4.90 Å². The van der Waals surface area contributed by atoms with E-state index in [9.17, 15) is 9.59 Å². The number of primary amides is 1. The molecule has 0 saturated carbocycles. The first-order valence-electron chi connectivity index (χ1n) is 5.87. The van der Waals surface area contributed by atoms with Crippen LogP contribution in [-0.2, 0) is 9.53 Å². The number of carbonyl (C=O) groups is 2. The van der Waals surface area contributed by atoms with E-state index in [1.165, 1.54) is 24.3 Å². The van der Waals surface area contributed by atoms with Gasteiger partial charge >= 0.3 is 0 Å². The highest BCUT2D eigenvalue weighted by Crippen LogP contribution is 2.32. The molecular formula is C12H15ClN2O4. The number of methoxy groups -OCH3 is 1. The van der Waals surface area contributed by atoms with Crippen LogP contribution in [0, 0.1) is 0 Å². The average molecular weight is 287 g/mol. The SMILES string of the molecule is COCC1(C(N)=O)CCCN1C(=O)c1ccoc1Cl. The molecule has 1 fully saturated rings. The molecule has 2 rings (SSSR count). The van der Waals surface area contributed by atoms with Gasteiger partial charge in [-0.05, 0) is 30.5 Å². The number of furan rings is 1. The first kappa shape index (κ1) is 13.9. The molecule has 0 aromatic carbocycles. The lowest BCUT2D eigenvalue weighted by atomic mass is 9.96. The van der Waals surface area contributed by atoms with Crippen molar-refractivity contribution in [3.05, 3.63) is 23.1 Å². The van der Waals surface area contributed by atoms with Crippen LogP contribution in [0.5, 0.6) is 0 Å². The van der Waals surface area contributed by atoms with E-state index < -0.39 is 11.4 Å². The summed E-state index contributed by atoms with van der Waals surface area (Å²) in [7, 11) is 1.47. The Morgan fingerprint density at radius 2 is 2.37 bits per heavy atom. The van der Waals surface area contributed by atoms with E-state index in [0.29, 0.717) is 19.4 Å². The zero-order valence-corrected chi connectivity index (χ0v) is 11.3. The molecule has 104 valence electrons. The van der Waals surface area contributed by atoms with Crippen molar-refractivity contribution in [1.29, 1.82) is 0 Å². The van der Waals surface area contributed by atoms with Crippen LogP contribution in [-0.4, -0.2) is 42.5 Å². The van der Waals surface area contributed by atoms with Gasteiger partial charge in [0.05, 0.1) is 18.4 Å². The van der Waals surface area contributed by atoms with Gasteiger partial charge < -0.3 is 19.8 Å². The van der Waals surface area contributed by atoms with E-state index in [1.807, 2.05) is 0 Å². The molecule has 2 N–H and O–H groups in total. The molecule has 19 heavy (non-hydrogen) atoms. The summed E-state index contributed by atoms with van der Waals surface area (Å²) in [6.07, 6.45) is 2.50. The maximum absolute atomic E-state index is 12.4. The molecule has 1 unspecified atom stereocenters. The van der Waals surface area contributed by atoms with Gasteiger partial charge in [0, 0.05) is 13.7 Å². The van der Waals surface area contributed by atoms with E-state index in [1.54, 1.807) is 0 Å². The van der Waals surface area contributed by atoms with Gasteiger partial charge in [-0.15, -0.1) is 0 Å². The van der Waals surface area contributed by atoms with Crippen molar-refractivity contribution < 1.29 is 18.7 Å². The standard InChI is InChI=1S/C12H15ClN2O4/c1-18-7-12(11(14)17)4-2-5-15(12)10(16)8-3-6-19-9(8)13/h3,6H,2,4-5,7H2,1H3,(H2,14,17). The number of carbonyl (C=O) groups excluding carboxylic acids is 2. The van der Waals surface area contributed by atoms with E-state index in [2.05, 4.69) is 0 Å². The van der Waals surface area contributed by atoms with Gasteiger partial charge in [0.1, 0.15) is 5.54 Å². The first-order valence-corrected chi connectivity index (χ1v) is 6.24. The summed E-state index contributed by atoms with van der Waals surface area (Å²) >= 11 is 5.80. The van der Waals surface area contributed by atoms with Gasteiger partial charge in [-0.3, -0.25) is 9.59 Å². The number of amides is 2. The van der Waals surface area contributed by atoms with Crippen LogP contribution in [0.2, 0.25) is 5.22 Å². The molecule has 1 aromatic heterocycles. The smallest absolute Gasteiger partial charge is 0.259 e. The second-order valence-corrected chi connectivity index (χ2v) is 4.84. The molecule has 0 bridgehead atoms. The summed E-state index contributed by atoms with van der Waals surface area (Å²) in [5.74, 6) is -0.938. The summed E-state index contributed by atoms with van der Waals surface area (Å²) in [5.41, 5.74) is 4.59. The third-order valence-electron chi connectivity index (χ3n) is 3.42. The van der Waals surface area contributed by atoms with Gasteiger partial charge in [0.25, 0.3) is 5.91 Å². The number of nitrogens with zero attached hydrogens (tertiary/aromatic N) is 1. The number of halogens is 1. The van der Waals surface area contributed by atoms with Gasteiger partial charge in [0.15, 0.2) is 0 Å². The van der Waals surface area contributed by atoms with Crippen LogP contribution in [0.4, 0.5) is 0 Å². The van der Waals surface area contributed by atoms with Crippen molar-refractivity contribution in [2.24, 2.45) is 5.73 Å². The zero-order chi connectivity index (χ0) is 14.0. The van der Waals surface area contributed by atoms with Crippen molar-refractivity contribution >= 4 is 23.4 Å². The van der Waals surface area contributed by atoms with Crippen molar-refractivity contribution in [3.63, 3.8) is 0 Å². The molecule has 0 aliphatic carbocycles. The lowest BCUT2D eigenvalue weighted by molar-refractivity contribution is -0.130. The fourth-order valence-corrected chi connectivity index (χ4v) is 2.68. The van der Waals surface area contributed by atoms with Crippen LogP contribution < -0.4 is 5.73 Å². The molecule has 1 aliphatic heterocycles. The Morgan fingerprint density at radius 3 is 2.89 bits per heavy atom. The topological polar surface area (TPSA) is 85.8 Å². The van der Waals surface area contributed by atoms with Gasteiger partial charge in [-0.25, -0.2) is 0 Å². The maximum Gasteiger partial charge on any atom is 0.259 e. The van der Waals surface area contributed by atoms with E-state index >= 15 is 0 Å². The number of rotatable bonds is 4. The Labute approximate surface area is 115 Å². The van der Waals surface area contributed by atoms with Crippen LogP contribution in [0.15, 0.2) is 16.7 Å². The Kier molecular flexibility index (Phi) is 3.82. The summed E-state index contributed by atoms with van der Waals surface area (Å²) in [4.78, 5) is 25.6. The molecule has 1 atom stereocenters. The minimum absolute atomic E-state index is 0.00712. The van der Waals surface area contributed by atoms with Gasteiger partial charge in [0.2, 0.25) is 11.1 Å². The Hall–Kier alpha value is -1.53. The van der Waals surface area contributed by atoms with Crippen LogP contribution in [0.25, 0.3) is 0 Å². The fraction of sp³-hybridized carbons (Fsp3) is 0.500. The molecule has 2 amide bonds. The summed E-state index contributed by atoms with van der Waals surface area (Å²) in [5, 5.41) is 0.00712. The summed E-state index contributed by atoms with van der Waals surface area (Å²) in [6.45, 7) is 0.510. The van der Waals surface area contributed by atoms with Crippen LogP contribution in [0.3, 0.4) is 0 Å². The Balaban J connectivity index is 2.35. The quantitative estimate of drug-likeness (QED) is 0.896. The number of likely N-dealkylation sites (tertiary alicyclic amines) is 1. The normalized spacial score (nSPS) is 22.7. The molecule has 7 heteroatoms. The molecule has 0 spiro atoms. The second-order valence-electron chi connectivity index (χ2n) is 4.50. The van der Waals surface area contributed by atoms with Crippen LogP contribution in [0.1, 0.15) is 23.2 Å². The van der Waals surface area contributed by atoms with Crippen molar-refractivity contribution in [3.8, 4) is 0 Å². The minimum atomic E-state index is -1.10. The molecule has 6 nitrogen and oxygen atoms in total. The highest BCUT2D eigenvalue weighted by molar-refractivity contribution is 6.32. The Morgan fingerprint density at radius 1 is 1.63 bits per heavy atom. The molecule has 1 saturated heterocycles. The van der Waals surface area contributed by atoms with E-state index in [4.69, 9.17) is 26.5 Å².